The fourth-order valence-corrected chi connectivity index (χ4v) is 6.81. The van der Waals surface area contributed by atoms with Crippen molar-refractivity contribution in [3.8, 4) is 0 Å². The molecule has 2 amide bonds. The first-order valence-corrected chi connectivity index (χ1v) is 17.8. The largest absolute Gasteiger partial charge is 0.352 e. The highest BCUT2D eigenvalue weighted by Crippen LogP contribution is 2.28. The summed E-state index contributed by atoms with van der Waals surface area (Å²) >= 11 is 6.59. The van der Waals surface area contributed by atoms with E-state index in [-0.39, 0.29) is 35.7 Å². The molecule has 0 bridgehead atoms. The number of amides is 2. The number of sulfonamides is 1. The highest BCUT2D eigenvalue weighted by molar-refractivity contribution is 7.92. The van der Waals surface area contributed by atoms with Gasteiger partial charge in [0.25, 0.3) is 10.0 Å². The topological polar surface area (TPSA) is 86.8 Å². The molecule has 4 aromatic carbocycles. The summed E-state index contributed by atoms with van der Waals surface area (Å²) < 4.78 is 29.7. The Kier molecular flexibility index (Phi) is 12.2. The molecule has 0 spiro atoms. The Morgan fingerprint density at radius 2 is 1.45 bits per heavy atom. The van der Waals surface area contributed by atoms with Gasteiger partial charge in [0.1, 0.15) is 12.6 Å². The van der Waals surface area contributed by atoms with Crippen LogP contribution in [0.15, 0.2) is 108 Å². The van der Waals surface area contributed by atoms with Crippen LogP contribution in [-0.2, 0) is 32.6 Å². The molecule has 0 fully saturated rings. The molecule has 1 N–H and O–H groups in total. The van der Waals surface area contributed by atoms with Crippen molar-refractivity contribution in [3.05, 3.63) is 130 Å². The summed E-state index contributed by atoms with van der Waals surface area (Å²) in [4.78, 5) is 30.1. The van der Waals surface area contributed by atoms with Gasteiger partial charge in [-0.15, -0.1) is 0 Å². The zero-order valence-electron chi connectivity index (χ0n) is 27.7. The van der Waals surface area contributed by atoms with Crippen molar-refractivity contribution in [1.82, 2.24) is 10.2 Å². The summed E-state index contributed by atoms with van der Waals surface area (Å²) in [5, 5.41) is 3.50. The van der Waals surface area contributed by atoms with Gasteiger partial charge < -0.3 is 10.2 Å². The predicted octanol–water partition coefficient (Wildman–Crippen LogP) is 7.52. The van der Waals surface area contributed by atoms with Crippen molar-refractivity contribution >= 4 is 39.1 Å². The third kappa shape index (κ3) is 9.24. The lowest BCUT2D eigenvalue weighted by atomic mass is 10.0. The lowest BCUT2D eigenvalue weighted by molar-refractivity contribution is -0.140. The van der Waals surface area contributed by atoms with Gasteiger partial charge in [-0.2, -0.15) is 0 Å². The Labute approximate surface area is 284 Å². The van der Waals surface area contributed by atoms with Gasteiger partial charge in [0.05, 0.1) is 10.6 Å². The lowest BCUT2D eigenvalue weighted by Crippen LogP contribution is -2.54. The van der Waals surface area contributed by atoms with Crippen LogP contribution in [0.3, 0.4) is 0 Å². The minimum absolute atomic E-state index is 0.00857. The number of carbonyl (C=O) groups is 2. The molecule has 7 nitrogen and oxygen atoms in total. The van der Waals surface area contributed by atoms with E-state index < -0.39 is 28.5 Å². The molecule has 0 aliphatic rings. The molecular weight excluding hydrogens is 630 g/mol. The van der Waals surface area contributed by atoms with E-state index in [1.54, 1.807) is 54.6 Å². The second-order valence-electron chi connectivity index (χ2n) is 12.2. The zero-order chi connectivity index (χ0) is 34.1. The van der Waals surface area contributed by atoms with Crippen LogP contribution in [-0.4, -0.2) is 43.8 Å². The highest BCUT2D eigenvalue weighted by Gasteiger charge is 2.35. The number of hydrogen-bond acceptors (Lipinski definition) is 4. The van der Waals surface area contributed by atoms with Crippen molar-refractivity contribution in [2.24, 2.45) is 0 Å². The minimum atomic E-state index is -4.18. The second-order valence-corrected chi connectivity index (χ2v) is 14.5. The average molecular weight is 674 g/mol. The maximum atomic E-state index is 14.6. The molecule has 248 valence electrons. The van der Waals surface area contributed by atoms with Crippen LogP contribution < -0.4 is 9.62 Å². The molecule has 2 atom stereocenters. The Hall–Kier alpha value is -4.14. The number of anilines is 1. The van der Waals surface area contributed by atoms with Gasteiger partial charge in [0.15, 0.2) is 0 Å². The van der Waals surface area contributed by atoms with E-state index in [1.807, 2.05) is 69.3 Å². The normalized spacial score (nSPS) is 12.7. The molecule has 4 aromatic rings. The van der Waals surface area contributed by atoms with Gasteiger partial charge in [-0.1, -0.05) is 111 Å². The summed E-state index contributed by atoms with van der Waals surface area (Å²) in [5.74, 6) is -0.617. The third-order valence-electron chi connectivity index (χ3n) is 8.31. The Balaban J connectivity index is 1.82. The number of aryl methyl sites for hydroxylation is 1. The average Bonchev–Trinajstić information content (AvgIpc) is 3.06. The van der Waals surface area contributed by atoms with E-state index in [2.05, 4.69) is 19.2 Å². The Bertz CT molecular complexity index is 1740. The van der Waals surface area contributed by atoms with Gasteiger partial charge in [-0.3, -0.25) is 13.9 Å². The van der Waals surface area contributed by atoms with Crippen LogP contribution in [0.5, 0.6) is 0 Å². The Morgan fingerprint density at radius 3 is 2.04 bits per heavy atom. The van der Waals surface area contributed by atoms with Gasteiger partial charge in [0.2, 0.25) is 11.8 Å². The molecule has 0 heterocycles. The van der Waals surface area contributed by atoms with Crippen molar-refractivity contribution in [3.63, 3.8) is 0 Å². The number of nitrogens with zero attached hydrogens (tertiary/aromatic N) is 2. The maximum Gasteiger partial charge on any atom is 0.264 e. The van der Waals surface area contributed by atoms with E-state index >= 15 is 0 Å². The molecular formula is C38H44ClN3O4S. The fraction of sp³-hybridized carbons (Fsp3) is 0.316. The van der Waals surface area contributed by atoms with E-state index in [0.717, 1.165) is 21.0 Å². The zero-order valence-corrected chi connectivity index (χ0v) is 29.3. The molecule has 0 saturated heterocycles. The third-order valence-corrected chi connectivity index (χ3v) is 10.5. The van der Waals surface area contributed by atoms with Crippen molar-refractivity contribution in [2.75, 3.05) is 10.8 Å². The lowest BCUT2D eigenvalue weighted by Gasteiger charge is -2.34. The van der Waals surface area contributed by atoms with Crippen LogP contribution in [0.25, 0.3) is 0 Å². The van der Waals surface area contributed by atoms with Crippen LogP contribution >= 0.6 is 11.6 Å². The molecule has 0 radical (unpaired) electrons. The molecule has 0 unspecified atom stereocenters. The van der Waals surface area contributed by atoms with Crippen LogP contribution in [0.2, 0.25) is 5.02 Å². The summed E-state index contributed by atoms with van der Waals surface area (Å²) in [6.45, 7) is 9.37. The van der Waals surface area contributed by atoms with Crippen molar-refractivity contribution < 1.29 is 18.0 Å². The first kappa shape index (κ1) is 35.7. The van der Waals surface area contributed by atoms with Crippen LogP contribution in [0.1, 0.15) is 62.3 Å². The molecule has 0 aliphatic carbocycles. The number of halogens is 1. The van der Waals surface area contributed by atoms with E-state index in [1.165, 1.54) is 4.90 Å². The first-order valence-electron chi connectivity index (χ1n) is 16.0. The van der Waals surface area contributed by atoms with Gasteiger partial charge >= 0.3 is 0 Å². The quantitative estimate of drug-likeness (QED) is 0.150. The van der Waals surface area contributed by atoms with Crippen molar-refractivity contribution in [1.29, 1.82) is 0 Å². The maximum absolute atomic E-state index is 14.6. The smallest absolute Gasteiger partial charge is 0.264 e. The van der Waals surface area contributed by atoms with E-state index in [0.29, 0.717) is 22.7 Å². The van der Waals surface area contributed by atoms with Gasteiger partial charge in [-0.05, 0) is 73.2 Å². The summed E-state index contributed by atoms with van der Waals surface area (Å²) in [6, 6.07) is 29.3. The SMILES string of the molecule is CC[C@H](C)NC(=O)[C@H](Cc1ccccc1)N(Cc1ccccc1Cl)C(=O)CN(c1ccc(C(C)C)cc1)S(=O)(=O)c1ccc(C)cc1. The molecule has 47 heavy (non-hydrogen) atoms. The van der Waals surface area contributed by atoms with Gasteiger partial charge in [0, 0.05) is 24.0 Å². The molecule has 0 aromatic heterocycles. The highest BCUT2D eigenvalue weighted by atomic mass is 35.5. The Morgan fingerprint density at radius 1 is 0.830 bits per heavy atom. The number of nitrogens with one attached hydrogen (secondary N) is 1. The molecule has 0 aliphatic heterocycles. The van der Waals surface area contributed by atoms with Crippen LogP contribution in [0, 0.1) is 6.92 Å². The monoisotopic (exact) mass is 673 g/mol. The summed E-state index contributed by atoms with van der Waals surface area (Å²) in [6.07, 6.45) is 0.935. The molecule has 0 saturated carbocycles. The number of carbonyl (C=O) groups excluding carboxylic acids is 2. The summed E-state index contributed by atoms with van der Waals surface area (Å²) in [5.41, 5.74) is 3.81. The fourth-order valence-electron chi connectivity index (χ4n) is 5.20. The number of benzene rings is 4. The standard InChI is InChI=1S/C38H44ClN3O4S/c1-6-29(5)40-38(44)36(24-30-12-8-7-9-13-30)41(25-32-14-10-11-15-35(32)39)37(43)26-42(33-20-18-31(19-21-33)27(2)3)47(45,46)34-22-16-28(4)17-23-34/h7-23,27,29,36H,6,24-26H2,1-5H3,(H,40,44)/t29-,36-/m0/s1. The first-order chi connectivity index (χ1) is 22.4. The number of rotatable bonds is 14. The predicted molar refractivity (Wildman–Crippen MR) is 190 cm³/mol. The second kappa shape index (κ2) is 16.1. The van der Waals surface area contributed by atoms with Crippen LogP contribution in [0.4, 0.5) is 5.69 Å². The van der Waals surface area contributed by atoms with Crippen molar-refractivity contribution in [2.45, 2.75) is 76.9 Å². The minimum Gasteiger partial charge on any atom is -0.352 e. The molecule has 9 heteroatoms. The van der Waals surface area contributed by atoms with E-state index in [9.17, 15) is 18.0 Å². The molecule has 4 rings (SSSR count). The number of hydrogen-bond donors (Lipinski definition) is 1. The summed E-state index contributed by atoms with van der Waals surface area (Å²) in [7, 11) is -4.18. The van der Waals surface area contributed by atoms with Gasteiger partial charge in [-0.25, -0.2) is 8.42 Å². The van der Waals surface area contributed by atoms with E-state index in [4.69, 9.17) is 11.6 Å².